The lowest BCUT2D eigenvalue weighted by molar-refractivity contribution is 0.119. The van der Waals surface area contributed by atoms with Crippen LogP contribution in [-0.4, -0.2) is 85.8 Å². The van der Waals surface area contributed by atoms with Gasteiger partial charge in [0.2, 0.25) is 0 Å². The van der Waals surface area contributed by atoms with E-state index in [4.69, 9.17) is 0 Å². The average Bonchev–Trinajstić information content (AvgIpc) is 2.23. The predicted octanol–water partition coefficient (Wildman–Crippen LogP) is -0.454. The number of β-amino-alcohol motifs (C(OH)–C–C–N with tert-alkyl or cyclic N) is 1. The maximum Gasteiger partial charge on any atom is 0.0639 e. The molecule has 0 aromatic heterocycles. The zero-order valence-corrected chi connectivity index (χ0v) is 10.3. The van der Waals surface area contributed by atoms with Crippen LogP contribution in [0, 0.1) is 0 Å². The van der Waals surface area contributed by atoms with Gasteiger partial charge in [-0.3, -0.25) is 4.90 Å². The summed E-state index contributed by atoms with van der Waals surface area (Å²) in [6.07, 6.45) is -0.221. The van der Waals surface area contributed by atoms with E-state index in [1.54, 1.807) is 0 Å². The topological polar surface area (TPSA) is 30.0 Å². The molecule has 0 aliphatic carbocycles. The molecule has 1 fully saturated rings. The number of aliphatic hydroxyl groups excluding tert-OH is 1. The summed E-state index contributed by atoms with van der Waals surface area (Å²) in [6.45, 7) is 9.26. The van der Waals surface area contributed by atoms with Crippen molar-refractivity contribution in [1.29, 1.82) is 0 Å². The monoisotopic (exact) mass is 215 g/mol. The van der Waals surface area contributed by atoms with Crippen molar-refractivity contribution in [2.75, 3.05) is 59.9 Å². The van der Waals surface area contributed by atoms with Gasteiger partial charge in [-0.05, 0) is 21.0 Å². The molecule has 1 aliphatic rings. The van der Waals surface area contributed by atoms with Crippen LogP contribution in [0.1, 0.15) is 6.92 Å². The molecule has 0 aromatic rings. The Labute approximate surface area is 93.5 Å². The molecule has 1 unspecified atom stereocenters. The second-order valence-electron chi connectivity index (χ2n) is 4.76. The molecular formula is C11H25N3O. The van der Waals surface area contributed by atoms with Gasteiger partial charge in [0.05, 0.1) is 6.10 Å². The van der Waals surface area contributed by atoms with Crippen LogP contribution in [0.4, 0.5) is 0 Å². The highest BCUT2D eigenvalue weighted by atomic mass is 16.3. The lowest BCUT2D eigenvalue weighted by Gasteiger charge is -2.25. The summed E-state index contributed by atoms with van der Waals surface area (Å²) in [5, 5.41) is 9.40. The lowest BCUT2D eigenvalue weighted by Crippen LogP contribution is -2.38. The molecule has 15 heavy (non-hydrogen) atoms. The van der Waals surface area contributed by atoms with Gasteiger partial charge in [0, 0.05) is 45.8 Å². The molecule has 1 atom stereocenters. The molecule has 4 heteroatoms. The summed E-state index contributed by atoms with van der Waals surface area (Å²) in [5.41, 5.74) is 0. The molecule has 90 valence electrons. The number of likely N-dealkylation sites (N-methyl/N-ethyl adjacent to an activating group) is 2. The summed E-state index contributed by atoms with van der Waals surface area (Å²) < 4.78 is 0. The van der Waals surface area contributed by atoms with Gasteiger partial charge in [0.25, 0.3) is 0 Å². The van der Waals surface area contributed by atoms with Crippen molar-refractivity contribution in [3.05, 3.63) is 0 Å². The van der Waals surface area contributed by atoms with E-state index in [1.165, 1.54) is 0 Å². The van der Waals surface area contributed by atoms with Gasteiger partial charge < -0.3 is 14.9 Å². The third-order valence-corrected chi connectivity index (χ3v) is 2.98. The molecule has 1 N–H and O–H groups in total. The molecule has 0 aromatic carbocycles. The third kappa shape index (κ3) is 5.47. The van der Waals surface area contributed by atoms with Crippen LogP contribution < -0.4 is 0 Å². The Morgan fingerprint density at radius 3 is 1.73 bits per heavy atom. The summed E-state index contributed by atoms with van der Waals surface area (Å²) in [6, 6.07) is 0. The SMILES string of the molecule is CC(O)CN1CCN(C)CCN(C)CC1. The summed E-state index contributed by atoms with van der Waals surface area (Å²) in [7, 11) is 4.33. The fourth-order valence-corrected chi connectivity index (χ4v) is 1.86. The van der Waals surface area contributed by atoms with Crippen LogP contribution in [0.2, 0.25) is 0 Å². The van der Waals surface area contributed by atoms with E-state index in [0.717, 1.165) is 45.8 Å². The van der Waals surface area contributed by atoms with Crippen LogP contribution in [0.5, 0.6) is 0 Å². The summed E-state index contributed by atoms with van der Waals surface area (Å²) in [5.74, 6) is 0. The normalized spacial score (nSPS) is 25.6. The van der Waals surface area contributed by atoms with Gasteiger partial charge in [-0.25, -0.2) is 0 Å². The molecule has 1 saturated heterocycles. The van der Waals surface area contributed by atoms with E-state index in [1.807, 2.05) is 6.92 Å². The van der Waals surface area contributed by atoms with Crippen molar-refractivity contribution in [1.82, 2.24) is 14.7 Å². The molecule has 0 amide bonds. The molecule has 0 radical (unpaired) electrons. The first kappa shape index (κ1) is 12.9. The van der Waals surface area contributed by atoms with Gasteiger partial charge in [0.1, 0.15) is 0 Å². The molecule has 0 bridgehead atoms. The Kier molecular flexibility index (Phi) is 5.53. The van der Waals surface area contributed by atoms with Crippen LogP contribution in [-0.2, 0) is 0 Å². The first-order valence-electron chi connectivity index (χ1n) is 5.85. The number of hydrogen-bond acceptors (Lipinski definition) is 4. The Morgan fingerprint density at radius 2 is 1.33 bits per heavy atom. The van der Waals surface area contributed by atoms with Gasteiger partial charge >= 0.3 is 0 Å². The fraction of sp³-hybridized carbons (Fsp3) is 1.00. The minimum atomic E-state index is -0.221. The smallest absolute Gasteiger partial charge is 0.0639 e. The highest BCUT2D eigenvalue weighted by Gasteiger charge is 2.13. The largest absolute Gasteiger partial charge is 0.392 e. The van der Waals surface area contributed by atoms with Crippen LogP contribution in [0.3, 0.4) is 0 Å². The van der Waals surface area contributed by atoms with Crippen molar-refractivity contribution in [3.63, 3.8) is 0 Å². The Bertz CT molecular complexity index is 161. The van der Waals surface area contributed by atoms with E-state index in [-0.39, 0.29) is 6.10 Å². The Hall–Kier alpha value is -0.160. The van der Waals surface area contributed by atoms with Crippen molar-refractivity contribution < 1.29 is 5.11 Å². The van der Waals surface area contributed by atoms with Crippen LogP contribution in [0.25, 0.3) is 0 Å². The first-order chi connectivity index (χ1) is 7.08. The maximum absolute atomic E-state index is 9.40. The fourth-order valence-electron chi connectivity index (χ4n) is 1.86. The quantitative estimate of drug-likeness (QED) is 0.675. The molecule has 1 heterocycles. The molecular weight excluding hydrogens is 190 g/mol. The zero-order chi connectivity index (χ0) is 11.3. The molecule has 0 saturated carbocycles. The Morgan fingerprint density at radius 1 is 0.933 bits per heavy atom. The minimum absolute atomic E-state index is 0.221. The molecule has 0 spiro atoms. The van der Waals surface area contributed by atoms with Gasteiger partial charge in [-0.2, -0.15) is 0 Å². The van der Waals surface area contributed by atoms with Crippen LogP contribution >= 0.6 is 0 Å². The van der Waals surface area contributed by atoms with Gasteiger partial charge in [-0.15, -0.1) is 0 Å². The molecule has 1 aliphatic heterocycles. The van der Waals surface area contributed by atoms with E-state index in [9.17, 15) is 5.11 Å². The van der Waals surface area contributed by atoms with E-state index >= 15 is 0 Å². The third-order valence-electron chi connectivity index (χ3n) is 2.98. The predicted molar refractivity (Wildman–Crippen MR) is 63.1 cm³/mol. The lowest BCUT2D eigenvalue weighted by atomic mass is 10.3. The number of hydrogen-bond donors (Lipinski definition) is 1. The van der Waals surface area contributed by atoms with E-state index in [2.05, 4.69) is 28.8 Å². The average molecular weight is 215 g/mol. The van der Waals surface area contributed by atoms with Crippen molar-refractivity contribution in [3.8, 4) is 0 Å². The number of aliphatic hydroxyl groups is 1. The van der Waals surface area contributed by atoms with E-state index < -0.39 is 0 Å². The summed E-state index contributed by atoms with van der Waals surface area (Å²) >= 11 is 0. The van der Waals surface area contributed by atoms with Crippen molar-refractivity contribution in [2.45, 2.75) is 13.0 Å². The minimum Gasteiger partial charge on any atom is -0.392 e. The maximum atomic E-state index is 9.40. The first-order valence-corrected chi connectivity index (χ1v) is 5.85. The van der Waals surface area contributed by atoms with Crippen molar-refractivity contribution >= 4 is 0 Å². The molecule has 1 rings (SSSR count). The van der Waals surface area contributed by atoms with Gasteiger partial charge in [-0.1, -0.05) is 0 Å². The standard InChI is InChI=1S/C11H25N3O/c1-11(15)10-14-8-6-12(2)4-5-13(3)7-9-14/h11,15H,4-10H2,1-3H3. The number of rotatable bonds is 2. The highest BCUT2D eigenvalue weighted by molar-refractivity contribution is 4.69. The zero-order valence-electron chi connectivity index (χ0n) is 10.3. The van der Waals surface area contributed by atoms with Crippen LogP contribution in [0.15, 0.2) is 0 Å². The highest BCUT2D eigenvalue weighted by Crippen LogP contribution is 1.98. The summed E-state index contributed by atoms with van der Waals surface area (Å²) in [4.78, 5) is 7.07. The van der Waals surface area contributed by atoms with Gasteiger partial charge in [0.15, 0.2) is 0 Å². The van der Waals surface area contributed by atoms with Crippen molar-refractivity contribution in [2.24, 2.45) is 0 Å². The second-order valence-corrected chi connectivity index (χ2v) is 4.76. The second kappa shape index (κ2) is 6.43. The Balaban J connectivity index is 2.42. The number of nitrogens with zero attached hydrogens (tertiary/aromatic N) is 3. The van der Waals surface area contributed by atoms with E-state index in [0.29, 0.717) is 0 Å². The molecule has 4 nitrogen and oxygen atoms in total.